The summed E-state index contributed by atoms with van der Waals surface area (Å²) in [5, 5.41) is 27.9. The summed E-state index contributed by atoms with van der Waals surface area (Å²) in [6.45, 7) is 3.96. The van der Waals surface area contributed by atoms with Gasteiger partial charge in [0.25, 0.3) is 0 Å². The SMILES string of the molecule is C=CC(=O)Nc1cccc2c1CCCC2n1nnc2cnc(Nc3cnn(CCO)c3)nc21. The maximum absolute atomic E-state index is 11.9. The molecule has 0 fully saturated rings. The Bertz CT molecular complexity index is 1330. The third-order valence-electron chi connectivity index (χ3n) is 5.65. The van der Waals surface area contributed by atoms with Crippen LogP contribution in [-0.4, -0.2) is 52.4 Å². The van der Waals surface area contributed by atoms with E-state index in [9.17, 15) is 4.79 Å². The molecule has 1 aromatic carbocycles. The highest BCUT2D eigenvalue weighted by molar-refractivity contribution is 5.99. The van der Waals surface area contributed by atoms with Crippen molar-refractivity contribution < 1.29 is 9.90 Å². The van der Waals surface area contributed by atoms with Crippen LogP contribution in [-0.2, 0) is 17.8 Å². The minimum atomic E-state index is -0.234. The Morgan fingerprint density at radius 2 is 2.24 bits per heavy atom. The Morgan fingerprint density at radius 3 is 3.09 bits per heavy atom. The first-order chi connectivity index (χ1) is 16.2. The number of aromatic nitrogens is 7. The van der Waals surface area contributed by atoms with E-state index in [1.165, 1.54) is 6.08 Å². The summed E-state index contributed by atoms with van der Waals surface area (Å²) in [5.74, 6) is 0.167. The van der Waals surface area contributed by atoms with Crippen LogP contribution in [0.4, 0.5) is 17.3 Å². The zero-order valence-corrected chi connectivity index (χ0v) is 17.8. The second kappa shape index (κ2) is 8.79. The number of aliphatic hydroxyl groups is 1. The van der Waals surface area contributed by atoms with E-state index in [0.29, 0.717) is 29.3 Å². The van der Waals surface area contributed by atoms with Crippen molar-refractivity contribution in [2.45, 2.75) is 31.8 Å². The lowest BCUT2D eigenvalue weighted by atomic mass is 9.86. The monoisotopic (exact) mass is 445 g/mol. The van der Waals surface area contributed by atoms with E-state index in [4.69, 9.17) is 5.11 Å². The summed E-state index contributed by atoms with van der Waals surface area (Å²) in [7, 11) is 0. The highest BCUT2D eigenvalue weighted by Gasteiger charge is 2.27. The van der Waals surface area contributed by atoms with Gasteiger partial charge in [0.15, 0.2) is 11.2 Å². The molecule has 4 aromatic rings. The molecular formula is C22H23N9O2. The lowest BCUT2D eigenvalue weighted by Gasteiger charge is -2.27. The number of anilines is 3. The fourth-order valence-corrected chi connectivity index (χ4v) is 4.17. The van der Waals surface area contributed by atoms with Crippen molar-refractivity contribution in [3.63, 3.8) is 0 Å². The van der Waals surface area contributed by atoms with Crippen LogP contribution >= 0.6 is 0 Å². The van der Waals surface area contributed by atoms with Crippen molar-refractivity contribution in [2.24, 2.45) is 0 Å². The van der Waals surface area contributed by atoms with Crippen LogP contribution in [0.1, 0.15) is 30.0 Å². The Labute approximate surface area is 189 Å². The minimum Gasteiger partial charge on any atom is -0.394 e. The van der Waals surface area contributed by atoms with Crippen LogP contribution in [0.25, 0.3) is 11.2 Å². The number of fused-ring (bicyclic) bond motifs is 2. The number of amides is 1. The Morgan fingerprint density at radius 1 is 1.33 bits per heavy atom. The van der Waals surface area contributed by atoms with Gasteiger partial charge in [-0.3, -0.25) is 9.48 Å². The first-order valence-corrected chi connectivity index (χ1v) is 10.7. The largest absolute Gasteiger partial charge is 0.394 e. The number of nitrogens with one attached hydrogen (secondary N) is 2. The zero-order chi connectivity index (χ0) is 22.8. The van der Waals surface area contributed by atoms with Gasteiger partial charge in [0, 0.05) is 11.9 Å². The van der Waals surface area contributed by atoms with Crippen molar-refractivity contribution in [2.75, 3.05) is 17.2 Å². The summed E-state index contributed by atoms with van der Waals surface area (Å²) < 4.78 is 3.46. The number of benzene rings is 1. The van der Waals surface area contributed by atoms with Crippen LogP contribution < -0.4 is 10.6 Å². The van der Waals surface area contributed by atoms with Crippen molar-refractivity contribution in [3.05, 3.63) is 60.6 Å². The van der Waals surface area contributed by atoms with Crippen molar-refractivity contribution in [3.8, 4) is 0 Å². The van der Waals surface area contributed by atoms with Gasteiger partial charge in [0.2, 0.25) is 11.9 Å². The molecule has 3 heterocycles. The van der Waals surface area contributed by atoms with Crippen molar-refractivity contribution in [1.82, 2.24) is 34.7 Å². The van der Waals surface area contributed by atoms with Gasteiger partial charge in [0.1, 0.15) is 0 Å². The summed E-state index contributed by atoms with van der Waals surface area (Å²) in [6.07, 6.45) is 9.02. The maximum Gasteiger partial charge on any atom is 0.247 e. The van der Waals surface area contributed by atoms with E-state index in [-0.39, 0.29) is 18.6 Å². The number of carbonyl (C=O) groups is 1. The van der Waals surface area contributed by atoms with Gasteiger partial charge in [-0.15, -0.1) is 5.10 Å². The number of aliphatic hydroxyl groups excluding tert-OH is 1. The Kier molecular flexibility index (Phi) is 5.53. The molecule has 0 aliphatic heterocycles. The van der Waals surface area contributed by atoms with Crippen LogP contribution in [0.15, 0.2) is 49.4 Å². The number of hydrogen-bond donors (Lipinski definition) is 3. The standard InChI is InChI=1S/C22H23N9O2/c1-2-20(33)26-17-7-3-6-16-15(17)5-4-8-19(16)31-21-18(28-29-31)12-23-22(27-21)25-14-11-24-30(13-14)9-10-32/h2-3,6-7,11-13,19,32H,1,4-5,8-10H2,(H,26,33)(H,23,25,27). The molecule has 3 N–H and O–H groups in total. The molecule has 0 spiro atoms. The topological polar surface area (TPSA) is 136 Å². The average Bonchev–Trinajstić information content (AvgIpc) is 3.45. The number of carbonyl (C=O) groups excluding carboxylic acids is 1. The number of hydrogen-bond acceptors (Lipinski definition) is 8. The van der Waals surface area contributed by atoms with Crippen LogP contribution in [0.5, 0.6) is 0 Å². The van der Waals surface area contributed by atoms with E-state index < -0.39 is 0 Å². The highest BCUT2D eigenvalue weighted by Crippen LogP contribution is 2.37. The lowest BCUT2D eigenvalue weighted by Crippen LogP contribution is -2.21. The van der Waals surface area contributed by atoms with E-state index >= 15 is 0 Å². The van der Waals surface area contributed by atoms with Gasteiger partial charge in [-0.1, -0.05) is 23.9 Å². The van der Waals surface area contributed by atoms with Gasteiger partial charge >= 0.3 is 0 Å². The van der Waals surface area contributed by atoms with Gasteiger partial charge in [-0.05, 0) is 42.5 Å². The fraction of sp³-hybridized carbons (Fsp3) is 0.273. The van der Waals surface area contributed by atoms with E-state index in [1.807, 2.05) is 16.8 Å². The number of rotatable bonds is 7. The maximum atomic E-state index is 11.9. The van der Waals surface area contributed by atoms with E-state index in [2.05, 4.69) is 48.7 Å². The van der Waals surface area contributed by atoms with E-state index in [1.54, 1.807) is 23.3 Å². The molecule has 11 nitrogen and oxygen atoms in total. The molecule has 11 heteroatoms. The average molecular weight is 445 g/mol. The third-order valence-corrected chi connectivity index (χ3v) is 5.65. The molecule has 1 atom stereocenters. The van der Waals surface area contributed by atoms with Crippen molar-refractivity contribution >= 4 is 34.4 Å². The molecule has 0 saturated heterocycles. The minimum absolute atomic E-state index is 0.0102. The van der Waals surface area contributed by atoms with Crippen LogP contribution in [0.2, 0.25) is 0 Å². The normalized spacial score (nSPS) is 15.2. The second-order valence-electron chi connectivity index (χ2n) is 7.75. The van der Waals surface area contributed by atoms with E-state index in [0.717, 1.165) is 36.1 Å². The van der Waals surface area contributed by atoms with Gasteiger partial charge in [0.05, 0.1) is 37.3 Å². The van der Waals surface area contributed by atoms with Gasteiger partial charge in [-0.25, -0.2) is 9.67 Å². The predicted molar refractivity (Wildman–Crippen MR) is 122 cm³/mol. The third kappa shape index (κ3) is 4.05. The smallest absolute Gasteiger partial charge is 0.247 e. The summed E-state index contributed by atoms with van der Waals surface area (Å²) in [5.41, 5.74) is 4.91. The molecule has 33 heavy (non-hydrogen) atoms. The summed E-state index contributed by atoms with van der Waals surface area (Å²) in [4.78, 5) is 20.9. The fourth-order valence-electron chi connectivity index (χ4n) is 4.17. The first kappa shape index (κ1) is 20.8. The molecule has 5 rings (SSSR count). The molecule has 1 aliphatic carbocycles. The number of nitrogens with zero attached hydrogens (tertiary/aromatic N) is 7. The Hall–Kier alpha value is -4.12. The van der Waals surface area contributed by atoms with Crippen molar-refractivity contribution in [1.29, 1.82) is 0 Å². The molecule has 168 valence electrons. The van der Waals surface area contributed by atoms with Crippen LogP contribution in [0, 0.1) is 0 Å². The highest BCUT2D eigenvalue weighted by atomic mass is 16.3. The molecule has 3 aromatic heterocycles. The predicted octanol–water partition coefficient (Wildman–Crippen LogP) is 2.20. The van der Waals surface area contributed by atoms with Crippen LogP contribution in [0.3, 0.4) is 0 Å². The summed E-state index contributed by atoms with van der Waals surface area (Å²) >= 11 is 0. The molecule has 1 amide bonds. The molecule has 0 bridgehead atoms. The Balaban J connectivity index is 1.48. The quantitative estimate of drug-likeness (QED) is 0.369. The molecule has 1 aliphatic rings. The molecule has 1 unspecified atom stereocenters. The zero-order valence-electron chi connectivity index (χ0n) is 17.8. The molecule has 0 radical (unpaired) electrons. The molecular weight excluding hydrogens is 422 g/mol. The van der Waals surface area contributed by atoms with Gasteiger partial charge < -0.3 is 15.7 Å². The first-order valence-electron chi connectivity index (χ1n) is 10.7. The summed E-state index contributed by atoms with van der Waals surface area (Å²) in [6, 6.07) is 5.84. The lowest BCUT2D eigenvalue weighted by molar-refractivity contribution is -0.111. The molecule has 0 saturated carbocycles. The van der Waals surface area contributed by atoms with Gasteiger partial charge in [-0.2, -0.15) is 10.1 Å². The second-order valence-corrected chi connectivity index (χ2v) is 7.75.